The van der Waals surface area contributed by atoms with Crippen LogP contribution >= 0.6 is 0 Å². The smallest absolute Gasteiger partial charge is 0.223 e. The molecule has 144 valence electrons. The minimum Gasteiger partial charge on any atom is -0.379 e. The molecule has 0 spiro atoms. The van der Waals surface area contributed by atoms with Gasteiger partial charge >= 0.3 is 0 Å². The average molecular weight is 361 g/mol. The first-order valence-corrected chi connectivity index (χ1v) is 9.82. The second-order valence-electron chi connectivity index (χ2n) is 7.16. The van der Waals surface area contributed by atoms with Crippen LogP contribution in [0.5, 0.6) is 0 Å². The zero-order chi connectivity index (χ0) is 18.2. The predicted octanol–water partition coefficient (Wildman–Crippen LogP) is 0.956. The van der Waals surface area contributed by atoms with Crippen LogP contribution < -0.4 is 10.2 Å². The fourth-order valence-electron chi connectivity index (χ4n) is 3.58. The summed E-state index contributed by atoms with van der Waals surface area (Å²) in [7, 11) is 0. The summed E-state index contributed by atoms with van der Waals surface area (Å²) in [6.45, 7) is 12.1. The number of anilines is 1. The lowest BCUT2D eigenvalue weighted by atomic mass is 10.2. The van der Waals surface area contributed by atoms with E-state index in [1.807, 2.05) is 4.90 Å². The number of ether oxygens (including phenoxy) is 1. The van der Waals surface area contributed by atoms with Gasteiger partial charge in [0.2, 0.25) is 5.91 Å². The van der Waals surface area contributed by atoms with E-state index >= 15 is 0 Å². The number of morpholine rings is 1. The zero-order valence-corrected chi connectivity index (χ0v) is 16.0. The molecule has 0 saturated carbocycles. The summed E-state index contributed by atoms with van der Waals surface area (Å²) in [5, 5.41) is 3.40. The van der Waals surface area contributed by atoms with Gasteiger partial charge in [0.25, 0.3) is 0 Å². The summed E-state index contributed by atoms with van der Waals surface area (Å²) in [5.74, 6) is 0.271. The number of carbonyl (C=O) groups excluding carboxylic acids is 1. The van der Waals surface area contributed by atoms with E-state index in [0.717, 1.165) is 72.1 Å². The summed E-state index contributed by atoms with van der Waals surface area (Å²) in [6.07, 6.45) is 0.591. The molecule has 1 amide bonds. The average Bonchev–Trinajstić information content (AvgIpc) is 2.68. The summed E-state index contributed by atoms with van der Waals surface area (Å²) >= 11 is 0. The van der Waals surface area contributed by atoms with Crippen molar-refractivity contribution in [3.63, 3.8) is 0 Å². The first kappa shape index (κ1) is 19.1. The molecule has 0 bridgehead atoms. The SMILES string of the molecule is Cc1cccc(N2CCN(C(=O)CCNCCN3CCOCC3)CC2)c1. The monoisotopic (exact) mass is 360 g/mol. The van der Waals surface area contributed by atoms with Gasteiger partial charge in [-0.3, -0.25) is 9.69 Å². The highest BCUT2D eigenvalue weighted by molar-refractivity contribution is 5.76. The predicted molar refractivity (Wildman–Crippen MR) is 105 cm³/mol. The fourth-order valence-corrected chi connectivity index (χ4v) is 3.58. The maximum Gasteiger partial charge on any atom is 0.223 e. The van der Waals surface area contributed by atoms with Gasteiger partial charge in [0.1, 0.15) is 0 Å². The first-order valence-electron chi connectivity index (χ1n) is 9.82. The number of hydrogen-bond donors (Lipinski definition) is 1. The molecule has 1 aromatic carbocycles. The minimum absolute atomic E-state index is 0.271. The van der Waals surface area contributed by atoms with E-state index in [9.17, 15) is 4.79 Å². The highest BCUT2D eigenvalue weighted by Crippen LogP contribution is 2.18. The topological polar surface area (TPSA) is 48.0 Å². The molecular formula is C20H32N4O2. The molecule has 1 N–H and O–H groups in total. The maximum atomic E-state index is 12.4. The number of nitrogens with zero attached hydrogens (tertiary/aromatic N) is 3. The van der Waals surface area contributed by atoms with E-state index in [-0.39, 0.29) is 5.91 Å². The van der Waals surface area contributed by atoms with Gasteiger partial charge in [-0.05, 0) is 24.6 Å². The Balaban J connectivity index is 1.30. The Labute approximate surface area is 157 Å². The van der Waals surface area contributed by atoms with Gasteiger partial charge in [0.05, 0.1) is 13.2 Å². The fraction of sp³-hybridized carbons (Fsp3) is 0.650. The van der Waals surface area contributed by atoms with Gasteiger partial charge in [-0.15, -0.1) is 0 Å². The van der Waals surface area contributed by atoms with Crippen LogP contribution in [0.3, 0.4) is 0 Å². The van der Waals surface area contributed by atoms with E-state index in [2.05, 4.69) is 46.3 Å². The molecule has 2 aliphatic heterocycles. The van der Waals surface area contributed by atoms with Crippen molar-refractivity contribution < 1.29 is 9.53 Å². The van der Waals surface area contributed by atoms with E-state index < -0.39 is 0 Å². The van der Waals surface area contributed by atoms with Gasteiger partial charge in [0.15, 0.2) is 0 Å². The summed E-state index contributed by atoms with van der Waals surface area (Å²) in [5.41, 5.74) is 2.55. The van der Waals surface area contributed by atoms with E-state index in [0.29, 0.717) is 6.42 Å². The molecule has 0 atom stereocenters. The first-order chi connectivity index (χ1) is 12.7. The Morgan fingerprint density at radius 2 is 1.85 bits per heavy atom. The quantitative estimate of drug-likeness (QED) is 0.734. The molecule has 3 rings (SSSR count). The Morgan fingerprint density at radius 1 is 1.08 bits per heavy atom. The van der Waals surface area contributed by atoms with Crippen molar-refractivity contribution in [2.45, 2.75) is 13.3 Å². The van der Waals surface area contributed by atoms with Crippen LogP contribution in [0.4, 0.5) is 5.69 Å². The minimum atomic E-state index is 0.271. The maximum absolute atomic E-state index is 12.4. The standard InChI is InChI=1S/C20H32N4O2/c1-18-3-2-4-19(17-18)23-9-11-24(12-10-23)20(25)5-6-21-7-8-22-13-15-26-16-14-22/h2-4,17,21H,5-16H2,1H3. The van der Waals surface area contributed by atoms with Crippen molar-refractivity contribution in [3.05, 3.63) is 29.8 Å². The number of hydrogen-bond acceptors (Lipinski definition) is 5. The van der Waals surface area contributed by atoms with Crippen LogP contribution in [-0.4, -0.2) is 87.8 Å². The van der Waals surface area contributed by atoms with Gasteiger partial charge in [-0.25, -0.2) is 0 Å². The van der Waals surface area contributed by atoms with Crippen molar-refractivity contribution in [1.82, 2.24) is 15.1 Å². The van der Waals surface area contributed by atoms with Crippen molar-refractivity contribution in [1.29, 1.82) is 0 Å². The Hall–Kier alpha value is -1.63. The van der Waals surface area contributed by atoms with Gasteiger partial charge < -0.3 is 19.9 Å². The molecule has 6 heteroatoms. The van der Waals surface area contributed by atoms with Crippen LogP contribution in [-0.2, 0) is 9.53 Å². The largest absolute Gasteiger partial charge is 0.379 e. The van der Waals surface area contributed by atoms with E-state index in [1.54, 1.807) is 0 Å². The van der Waals surface area contributed by atoms with Crippen LogP contribution in [0.1, 0.15) is 12.0 Å². The van der Waals surface area contributed by atoms with Crippen LogP contribution in [0.15, 0.2) is 24.3 Å². The lowest BCUT2D eigenvalue weighted by molar-refractivity contribution is -0.131. The molecule has 0 aliphatic carbocycles. The van der Waals surface area contributed by atoms with Gasteiger partial charge in [0, 0.05) is 71.0 Å². The number of carbonyl (C=O) groups is 1. The molecule has 2 saturated heterocycles. The van der Waals surface area contributed by atoms with Crippen LogP contribution in [0.2, 0.25) is 0 Å². The van der Waals surface area contributed by atoms with Crippen molar-refractivity contribution in [2.24, 2.45) is 0 Å². The number of aryl methyl sites for hydroxylation is 1. The van der Waals surface area contributed by atoms with E-state index in [4.69, 9.17) is 4.74 Å². The third-order valence-corrected chi connectivity index (χ3v) is 5.22. The van der Waals surface area contributed by atoms with Gasteiger partial charge in [-0.2, -0.15) is 0 Å². The molecule has 2 heterocycles. The van der Waals surface area contributed by atoms with Crippen molar-refractivity contribution in [2.75, 3.05) is 77.0 Å². The highest BCUT2D eigenvalue weighted by Gasteiger charge is 2.21. The number of rotatable bonds is 7. The number of amides is 1. The second kappa shape index (κ2) is 9.90. The van der Waals surface area contributed by atoms with E-state index in [1.165, 1.54) is 11.3 Å². The third kappa shape index (κ3) is 5.69. The number of piperazine rings is 1. The summed E-state index contributed by atoms with van der Waals surface area (Å²) in [4.78, 5) is 19.2. The molecule has 1 aromatic rings. The lowest BCUT2D eigenvalue weighted by Gasteiger charge is -2.36. The molecule has 6 nitrogen and oxygen atoms in total. The molecule has 2 aliphatic rings. The molecular weight excluding hydrogens is 328 g/mol. The Morgan fingerprint density at radius 3 is 2.58 bits per heavy atom. The Kier molecular flexibility index (Phi) is 7.29. The molecule has 2 fully saturated rings. The number of nitrogens with one attached hydrogen (secondary N) is 1. The third-order valence-electron chi connectivity index (χ3n) is 5.22. The normalized spacial score (nSPS) is 19.0. The number of benzene rings is 1. The molecule has 0 unspecified atom stereocenters. The molecule has 26 heavy (non-hydrogen) atoms. The van der Waals surface area contributed by atoms with Gasteiger partial charge in [-0.1, -0.05) is 12.1 Å². The summed E-state index contributed by atoms with van der Waals surface area (Å²) in [6, 6.07) is 8.60. The van der Waals surface area contributed by atoms with Crippen LogP contribution in [0, 0.1) is 6.92 Å². The van der Waals surface area contributed by atoms with Crippen molar-refractivity contribution in [3.8, 4) is 0 Å². The molecule has 0 aromatic heterocycles. The van der Waals surface area contributed by atoms with Crippen LogP contribution in [0.25, 0.3) is 0 Å². The second-order valence-corrected chi connectivity index (χ2v) is 7.16. The summed E-state index contributed by atoms with van der Waals surface area (Å²) < 4.78 is 5.35. The van der Waals surface area contributed by atoms with Crippen molar-refractivity contribution >= 4 is 11.6 Å². The molecule has 0 radical (unpaired) electrons. The zero-order valence-electron chi connectivity index (χ0n) is 16.0. The Bertz CT molecular complexity index is 567. The lowest BCUT2D eigenvalue weighted by Crippen LogP contribution is -2.49. The highest BCUT2D eigenvalue weighted by atomic mass is 16.5.